The third-order valence-corrected chi connectivity index (χ3v) is 3.64. The number of halogens is 4. The van der Waals surface area contributed by atoms with Crippen molar-refractivity contribution in [2.75, 3.05) is 19.8 Å². The molecule has 112 valence electrons. The molecule has 1 aromatic carbocycles. The van der Waals surface area contributed by atoms with Gasteiger partial charge in [0.05, 0.1) is 6.61 Å². The highest BCUT2D eigenvalue weighted by atomic mass is 35.5. The molecule has 0 unspecified atom stereocenters. The zero-order chi connectivity index (χ0) is 14.6. The van der Waals surface area contributed by atoms with Crippen LogP contribution in [0.5, 0.6) is 0 Å². The Hall–Kier alpha value is -0.780. The zero-order valence-electron chi connectivity index (χ0n) is 10.9. The van der Waals surface area contributed by atoms with Gasteiger partial charge in [0, 0.05) is 17.6 Å². The lowest BCUT2D eigenvalue weighted by Gasteiger charge is -2.36. The fraction of sp³-hybridized carbons (Fsp3) is 0.571. The lowest BCUT2D eigenvalue weighted by molar-refractivity contribution is -0.173. The number of benzene rings is 1. The highest BCUT2D eigenvalue weighted by molar-refractivity contribution is 6.30. The fourth-order valence-corrected chi connectivity index (χ4v) is 2.54. The summed E-state index contributed by atoms with van der Waals surface area (Å²) >= 11 is 5.94. The first-order valence-electron chi connectivity index (χ1n) is 6.57. The van der Waals surface area contributed by atoms with E-state index in [2.05, 4.69) is 16.1 Å². The normalized spacial score (nSPS) is 22.6. The number of rotatable bonds is 6. The van der Waals surface area contributed by atoms with E-state index in [0.717, 1.165) is 17.9 Å². The Morgan fingerprint density at radius 3 is 2.70 bits per heavy atom. The van der Waals surface area contributed by atoms with Crippen LogP contribution in [0.2, 0.25) is 5.02 Å². The average molecular weight is 308 g/mol. The van der Waals surface area contributed by atoms with Gasteiger partial charge in [0.1, 0.15) is 6.61 Å². The predicted octanol–water partition coefficient (Wildman–Crippen LogP) is 3.75. The minimum Gasteiger partial charge on any atom is -0.371 e. The van der Waals surface area contributed by atoms with Gasteiger partial charge in [-0.05, 0) is 36.5 Å². The summed E-state index contributed by atoms with van der Waals surface area (Å²) in [5.41, 5.74) is 1.23. The number of nitrogens with one attached hydrogen (secondary N) is 1. The van der Waals surface area contributed by atoms with E-state index in [9.17, 15) is 13.2 Å². The van der Waals surface area contributed by atoms with Crippen molar-refractivity contribution in [3.05, 3.63) is 34.9 Å². The molecule has 1 fully saturated rings. The second kappa shape index (κ2) is 6.78. The van der Waals surface area contributed by atoms with E-state index in [1.54, 1.807) is 0 Å². The molecule has 1 aromatic rings. The Kier molecular flexibility index (Phi) is 5.29. The molecule has 0 atom stereocenters. The molecule has 0 bridgehead atoms. The summed E-state index contributed by atoms with van der Waals surface area (Å²) < 4.78 is 40.0. The molecule has 1 aliphatic rings. The number of hydrogen-bond acceptors (Lipinski definition) is 2. The third kappa shape index (κ3) is 4.96. The van der Waals surface area contributed by atoms with Crippen molar-refractivity contribution in [1.82, 2.24) is 5.32 Å². The maximum absolute atomic E-state index is 11.8. The van der Waals surface area contributed by atoms with Gasteiger partial charge in [0.15, 0.2) is 0 Å². The van der Waals surface area contributed by atoms with E-state index in [-0.39, 0.29) is 6.61 Å². The van der Waals surface area contributed by atoms with Crippen LogP contribution in [0.3, 0.4) is 0 Å². The molecule has 0 aliphatic heterocycles. The molecule has 0 heterocycles. The molecule has 20 heavy (non-hydrogen) atoms. The van der Waals surface area contributed by atoms with E-state index in [1.807, 2.05) is 18.2 Å². The van der Waals surface area contributed by atoms with E-state index in [4.69, 9.17) is 11.6 Å². The number of hydrogen-bond donors (Lipinski definition) is 1. The molecule has 6 heteroatoms. The maximum atomic E-state index is 11.8. The Morgan fingerprint density at radius 2 is 2.05 bits per heavy atom. The summed E-state index contributed by atoms with van der Waals surface area (Å²) in [5, 5.41) is 3.93. The van der Waals surface area contributed by atoms with Gasteiger partial charge in [-0.3, -0.25) is 0 Å². The Bertz CT molecular complexity index is 433. The molecule has 1 aliphatic carbocycles. The molecule has 0 amide bonds. The first-order chi connectivity index (χ1) is 9.44. The molecule has 2 nitrogen and oxygen atoms in total. The molecule has 2 rings (SSSR count). The topological polar surface area (TPSA) is 21.3 Å². The minimum atomic E-state index is -4.24. The van der Waals surface area contributed by atoms with Crippen LogP contribution < -0.4 is 5.32 Å². The van der Waals surface area contributed by atoms with Gasteiger partial charge in [-0.25, -0.2) is 0 Å². The molecular weight excluding hydrogens is 291 g/mol. The predicted molar refractivity (Wildman–Crippen MR) is 72.1 cm³/mol. The second-order valence-corrected chi connectivity index (χ2v) is 5.48. The molecular formula is C14H17ClF3NO. The van der Waals surface area contributed by atoms with Crippen LogP contribution >= 0.6 is 11.6 Å². The molecule has 0 spiro atoms. The monoisotopic (exact) mass is 307 g/mol. The molecule has 0 radical (unpaired) electrons. The van der Waals surface area contributed by atoms with Crippen LogP contribution in [0.15, 0.2) is 24.3 Å². The van der Waals surface area contributed by atoms with Gasteiger partial charge in [0.2, 0.25) is 0 Å². The first kappa shape index (κ1) is 15.6. The van der Waals surface area contributed by atoms with Gasteiger partial charge < -0.3 is 10.1 Å². The van der Waals surface area contributed by atoms with Gasteiger partial charge in [-0.2, -0.15) is 13.2 Å². The largest absolute Gasteiger partial charge is 0.411 e. The van der Waals surface area contributed by atoms with Crippen molar-refractivity contribution in [2.24, 2.45) is 0 Å². The molecule has 1 N–H and O–H groups in total. The highest BCUT2D eigenvalue weighted by Gasteiger charge is 2.30. The smallest absolute Gasteiger partial charge is 0.371 e. The Morgan fingerprint density at radius 1 is 1.30 bits per heavy atom. The van der Waals surface area contributed by atoms with E-state index >= 15 is 0 Å². The fourth-order valence-electron chi connectivity index (χ4n) is 2.34. The van der Waals surface area contributed by atoms with Crippen molar-refractivity contribution in [3.63, 3.8) is 0 Å². The van der Waals surface area contributed by atoms with E-state index in [1.165, 1.54) is 5.56 Å². The van der Waals surface area contributed by atoms with Gasteiger partial charge >= 0.3 is 6.18 Å². The van der Waals surface area contributed by atoms with Crippen molar-refractivity contribution < 1.29 is 17.9 Å². The van der Waals surface area contributed by atoms with Gasteiger partial charge in [0.25, 0.3) is 0 Å². The van der Waals surface area contributed by atoms with Crippen LogP contribution in [-0.4, -0.2) is 32.0 Å². The standard InChI is InChI=1S/C14H17ClF3NO/c15-12-3-1-2-10(6-12)11-7-13(8-11)19-4-5-20-9-14(16,17)18/h1-3,6,11,13,19H,4-5,7-9H2. The van der Waals surface area contributed by atoms with Crippen molar-refractivity contribution in [3.8, 4) is 0 Å². The first-order valence-corrected chi connectivity index (χ1v) is 6.95. The van der Waals surface area contributed by atoms with E-state index < -0.39 is 12.8 Å². The summed E-state index contributed by atoms with van der Waals surface area (Å²) in [6.45, 7) is -0.647. The van der Waals surface area contributed by atoms with Gasteiger partial charge in [-0.1, -0.05) is 23.7 Å². The zero-order valence-corrected chi connectivity index (χ0v) is 11.7. The van der Waals surface area contributed by atoms with Crippen LogP contribution in [0, 0.1) is 0 Å². The minimum absolute atomic E-state index is 0.0812. The lowest BCUT2D eigenvalue weighted by atomic mass is 9.76. The molecule has 0 aromatic heterocycles. The van der Waals surface area contributed by atoms with Crippen LogP contribution in [0.1, 0.15) is 24.3 Å². The average Bonchev–Trinajstić information content (AvgIpc) is 2.29. The summed E-state index contributed by atoms with van der Waals surface area (Å²) in [4.78, 5) is 0. The van der Waals surface area contributed by atoms with E-state index in [0.29, 0.717) is 18.5 Å². The summed E-state index contributed by atoms with van der Waals surface area (Å²) in [7, 11) is 0. The van der Waals surface area contributed by atoms with Crippen molar-refractivity contribution in [2.45, 2.75) is 31.0 Å². The molecule has 1 saturated carbocycles. The second-order valence-electron chi connectivity index (χ2n) is 5.04. The lowest BCUT2D eigenvalue weighted by Crippen LogP contribution is -2.41. The number of alkyl halides is 3. The molecule has 0 saturated heterocycles. The quantitative estimate of drug-likeness (QED) is 0.808. The highest BCUT2D eigenvalue weighted by Crippen LogP contribution is 2.37. The third-order valence-electron chi connectivity index (χ3n) is 3.40. The van der Waals surface area contributed by atoms with Crippen LogP contribution in [0.25, 0.3) is 0 Å². The van der Waals surface area contributed by atoms with Crippen LogP contribution in [0.4, 0.5) is 13.2 Å². The Labute approximate surface area is 121 Å². The van der Waals surface area contributed by atoms with Crippen LogP contribution in [-0.2, 0) is 4.74 Å². The summed E-state index contributed by atoms with van der Waals surface area (Å²) in [6, 6.07) is 8.16. The maximum Gasteiger partial charge on any atom is 0.411 e. The van der Waals surface area contributed by atoms with Gasteiger partial charge in [-0.15, -0.1) is 0 Å². The van der Waals surface area contributed by atoms with Crippen molar-refractivity contribution >= 4 is 11.6 Å². The summed E-state index contributed by atoms with van der Waals surface area (Å²) in [5.74, 6) is 0.488. The van der Waals surface area contributed by atoms with Crippen molar-refractivity contribution in [1.29, 1.82) is 0 Å². The Balaban J connectivity index is 1.58. The summed E-state index contributed by atoms with van der Waals surface area (Å²) in [6.07, 6.45) is -2.27. The number of ether oxygens (including phenoxy) is 1. The SMILES string of the molecule is FC(F)(F)COCCNC1CC(c2cccc(Cl)c2)C1.